The molecule has 3 N–H and O–H groups in total. The maximum absolute atomic E-state index is 14.1. The second-order valence-corrected chi connectivity index (χ2v) is 12.8. The summed E-state index contributed by atoms with van der Waals surface area (Å²) in [6.45, 7) is 5.29. The van der Waals surface area contributed by atoms with Crippen LogP contribution < -0.4 is 10.1 Å². The van der Waals surface area contributed by atoms with Gasteiger partial charge in [0.15, 0.2) is 11.6 Å². The van der Waals surface area contributed by atoms with Crippen LogP contribution in [0.25, 0.3) is 17.2 Å². The smallest absolute Gasteiger partial charge is 0.335 e. The first-order valence-electron chi connectivity index (χ1n) is 15.3. The third kappa shape index (κ3) is 9.02. The first-order chi connectivity index (χ1) is 23.1. The number of benzene rings is 3. The number of anilines is 1. The zero-order valence-corrected chi connectivity index (χ0v) is 27.5. The van der Waals surface area contributed by atoms with Gasteiger partial charge in [0.1, 0.15) is 16.7 Å². The molecule has 0 spiro atoms. The molecule has 0 aromatic heterocycles. The van der Waals surface area contributed by atoms with Crippen molar-refractivity contribution < 1.29 is 38.1 Å². The van der Waals surface area contributed by atoms with E-state index in [1.165, 1.54) is 35.2 Å². The molecular formula is C34H34F2N4O6S2. The molecule has 48 heavy (non-hydrogen) atoms. The van der Waals surface area contributed by atoms with E-state index in [0.29, 0.717) is 52.7 Å². The lowest BCUT2D eigenvalue weighted by Crippen LogP contribution is -2.48. The third-order valence-corrected chi connectivity index (χ3v) is 9.32. The number of halogens is 2. The van der Waals surface area contributed by atoms with E-state index in [1.807, 2.05) is 0 Å². The van der Waals surface area contributed by atoms with Crippen LogP contribution in [0.5, 0.6) is 5.75 Å². The van der Waals surface area contributed by atoms with Crippen LogP contribution in [0.15, 0.2) is 65.6 Å². The molecule has 252 valence electrons. The summed E-state index contributed by atoms with van der Waals surface area (Å²) in [5, 5.41) is 20.9. The van der Waals surface area contributed by atoms with Gasteiger partial charge in [-0.3, -0.25) is 24.3 Å². The Labute approximate surface area is 286 Å². The van der Waals surface area contributed by atoms with E-state index in [2.05, 4.69) is 15.1 Å². The van der Waals surface area contributed by atoms with E-state index in [4.69, 9.17) is 22.1 Å². The standard InChI is InChI=1S/C34H34F2N4O6S2/c35-27-7-3-24(20-28(27)36)23-4-8-29(46-18-16-39-13-11-38(12-14-39)15-17-41)25(19-23)21-30-32(43)40(34(47)48-30)10-9-31(42)37-26-5-1-22(2-6-26)33(44)45/h1-8,19-21,41H,9-18H2,(H,37,42)(H,44,45). The fourth-order valence-corrected chi connectivity index (χ4v) is 6.58. The van der Waals surface area contributed by atoms with Gasteiger partial charge in [-0.2, -0.15) is 0 Å². The summed E-state index contributed by atoms with van der Waals surface area (Å²) in [5.41, 5.74) is 2.11. The quantitative estimate of drug-likeness (QED) is 0.173. The molecule has 2 aliphatic heterocycles. The summed E-state index contributed by atoms with van der Waals surface area (Å²) in [7, 11) is 0. The molecule has 0 bridgehead atoms. The van der Waals surface area contributed by atoms with Gasteiger partial charge in [-0.25, -0.2) is 13.6 Å². The lowest BCUT2D eigenvalue weighted by molar-refractivity contribution is -0.122. The van der Waals surface area contributed by atoms with E-state index >= 15 is 0 Å². The van der Waals surface area contributed by atoms with Gasteiger partial charge >= 0.3 is 5.97 Å². The van der Waals surface area contributed by atoms with Crippen LogP contribution in [0.3, 0.4) is 0 Å². The van der Waals surface area contributed by atoms with Crippen molar-refractivity contribution in [2.75, 3.05) is 64.3 Å². The number of ether oxygens (including phenoxy) is 1. The molecule has 5 rings (SSSR count). The molecule has 0 atom stereocenters. The zero-order chi connectivity index (χ0) is 34.2. The van der Waals surface area contributed by atoms with Gasteiger partial charge in [-0.05, 0) is 65.7 Å². The predicted octanol–water partition coefficient (Wildman–Crippen LogP) is 4.55. The van der Waals surface area contributed by atoms with Crippen molar-refractivity contribution in [3.8, 4) is 16.9 Å². The number of nitrogens with one attached hydrogen (secondary N) is 1. The first-order valence-corrected chi connectivity index (χ1v) is 16.5. The summed E-state index contributed by atoms with van der Waals surface area (Å²) in [4.78, 5) is 43.2. The molecule has 14 heteroatoms. The highest BCUT2D eigenvalue weighted by Crippen LogP contribution is 2.36. The fraction of sp³-hybridized carbons (Fsp3) is 0.294. The van der Waals surface area contributed by atoms with Crippen LogP contribution in [0.4, 0.5) is 14.5 Å². The van der Waals surface area contributed by atoms with E-state index in [1.54, 1.807) is 24.3 Å². The highest BCUT2D eigenvalue weighted by Gasteiger charge is 2.32. The minimum atomic E-state index is -1.07. The van der Waals surface area contributed by atoms with Crippen molar-refractivity contribution in [1.29, 1.82) is 0 Å². The van der Waals surface area contributed by atoms with E-state index in [-0.39, 0.29) is 41.3 Å². The summed E-state index contributed by atoms with van der Waals surface area (Å²) in [5.74, 6) is -3.26. The number of thiocarbonyl (C=S) groups is 1. The van der Waals surface area contributed by atoms with Crippen LogP contribution in [-0.4, -0.2) is 106 Å². The average molecular weight is 697 g/mol. The summed E-state index contributed by atoms with van der Waals surface area (Å²) < 4.78 is 34.2. The number of piperazine rings is 1. The van der Waals surface area contributed by atoms with Gasteiger partial charge in [0.2, 0.25) is 5.91 Å². The Morgan fingerprint density at radius 1 is 0.917 bits per heavy atom. The largest absolute Gasteiger partial charge is 0.492 e. The SMILES string of the molecule is O=C(CCN1C(=O)C(=Cc2cc(-c3ccc(F)c(F)c3)ccc2OCCN2CCN(CCO)CC2)SC1=S)Nc1ccc(C(=O)O)cc1. The highest BCUT2D eigenvalue weighted by atomic mass is 32.2. The zero-order valence-electron chi connectivity index (χ0n) is 25.9. The molecule has 10 nitrogen and oxygen atoms in total. The Hall–Kier alpha value is -4.21. The molecule has 3 aromatic rings. The number of nitrogens with zero attached hydrogens (tertiary/aromatic N) is 3. The van der Waals surface area contributed by atoms with Crippen LogP contribution in [0.1, 0.15) is 22.3 Å². The number of carboxylic acid groups (broad SMARTS) is 1. The normalized spacial score (nSPS) is 16.5. The van der Waals surface area contributed by atoms with E-state index in [9.17, 15) is 28.3 Å². The van der Waals surface area contributed by atoms with Crippen molar-refractivity contribution in [2.24, 2.45) is 0 Å². The number of rotatable bonds is 13. The number of hydrogen-bond acceptors (Lipinski definition) is 9. The maximum atomic E-state index is 14.1. The molecule has 3 aromatic carbocycles. The van der Waals surface area contributed by atoms with Gasteiger partial charge in [0.05, 0.1) is 17.1 Å². The van der Waals surface area contributed by atoms with Crippen LogP contribution in [0, 0.1) is 11.6 Å². The number of carbonyl (C=O) groups is 3. The van der Waals surface area contributed by atoms with Crippen molar-refractivity contribution in [3.63, 3.8) is 0 Å². The lowest BCUT2D eigenvalue weighted by atomic mass is 10.0. The van der Waals surface area contributed by atoms with E-state index < -0.39 is 17.6 Å². The first kappa shape index (κ1) is 35.1. The van der Waals surface area contributed by atoms with E-state index in [0.717, 1.165) is 50.1 Å². The average Bonchev–Trinajstić information content (AvgIpc) is 3.34. The Kier molecular flexibility index (Phi) is 11.9. The number of β-amino-alcohol motifs (C(OH)–C–C–N with tert-alkyl or cyclic N) is 1. The van der Waals surface area contributed by atoms with Crippen LogP contribution in [-0.2, 0) is 9.59 Å². The second kappa shape index (κ2) is 16.3. The number of carboxylic acids is 1. The molecule has 2 saturated heterocycles. The molecule has 2 heterocycles. The van der Waals surface area contributed by atoms with Gasteiger partial charge in [0, 0.05) is 63.5 Å². The number of thioether (sulfide) groups is 1. The van der Waals surface area contributed by atoms with Crippen molar-refractivity contribution in [2.45, 2.75) is 6.42 Å². The lowest BCUT2D eigenvalue weighted by Gasteiger charge is -2.34. The molecule has 0 radical (unpaired) electrons. The maximum Gasteiger partial charge on any atom is 0.335 e. The molecule has 2 aliphatic rings. The number of amides is 2. The monoisotopic (exact) mass is 696 g/mol. The highest BCUT2D eigenvalue weighted by molar-refractivity contribution is 8.26. The Morgan fingerprint density at radius 2 is 1.58 bits per heavy atom. The van der Waals surface area contributed by atoms with Crippen LogP contribution in [0.2, 0.25) is 0 Å². The molecule has 2 fully saturated rings. The molecule has 2 amide bonds. The number of carbonyl (C=O) groups excluding carboxylic acids is 2. The molecule has 0 saturated carbocycles. The second-order valence-electron chi connectivity index (χ2n) is 11.2. The number of hydrogen-bond donors (Lipinski definition) is 3. The third-order valence-electron chi connectivity index (χ3n) is 7.95. The topological polar surface area (TPSA) is 123 Å². The minimum absolute atomic E-state index is 0.0326. The Bertz CT molecular complexity index is 1710. The number of aliphatic hydroxyl groups excluding tert-OH is 1. The molecule has 0 aliphatic carbocycles. The number of aliphatic hydroxyl groups is 1. The Balaban J connectivity index is 1.28. The minimum Gasteiger partial charge on any atom is -0.492 e. The van der Waals surface area contributed by atoms with Crippen LogP contribution >= 0.6 is 24.0 Å². The van der Waals surface area contributed by atoms with Gasteiger partial charge in [-0.15, -0.1) is 0 Å². The van der Waals surface area contributed by atoms with Gasteiger partial charge in [0.25, 0.3) is 5.91 Å². The van der Waals surface area contributed by atoms with Crippen molar-refractivity contribution in [3.05, 3.63) is 88.3 Å². The van der Waals surface area contributed by atoms with Crippen molar-refractivity contribution >= 4 is 57.8 Å². The van der Waals surface area contributed by atoms with Gasteiger partial charge in [-0.1, -0.05) is 36.1 Å². The predicted molar refractivity (Wildman–Crippen MR) is 184 cm³/mol. The Morgan fingerprint density at radius 3 is 2.25 bits per heavy atom. The fourth-order valence-electron chi connectivity index (χ4n) is 5.28. The number of aromatic carboxylic acids is 1. The van der Waals surface area contributed by atoms with Crippen molar-refractivity contribution in [1.82, 2.24) is 14.7 Å². The summed E-state index contributed by atoms with van der Waals surface area (Å²) in [6.07, 6.45) is 1.60. The summed E-state index contributed by atoms with van der Waals surface area (Å²) in [6, 6.07) is 14.6. The molecule has 0 unspecified atom stereocenters. The summed E-state index contributed by atoms with van der Waals surface area (Å²) >= 11 is 6.56. The van der Waals surface area contributed by atoms with Gasteiger partial charge < -0.3 is 20.3 Å². The molecular weight excluding hydrogens is 663 g/mol.